The van der Waals surface area contributed by atoms with Crippen molar-refractivity contribution in [1.29, 1.82) is 0 Å². The summed E-state index contributed by atoms with van der Waals surface area (Å²) in [5, 5.41) is 18.1. The maximum atomic E-state index is 11.1. The van der Waals surface area contributed by atoms with Crippen LogP contribution in [0.25, 0.3) is 0 Å². The summed E-state index contributed by atoms with van der Waals surface area (Å²) in [7, 11) is 0. The smallest absolute Gasteiger partial charge is 0.373 e. The maximum absolute atomic E-state index is 11.1. The molecule has 0 bridgehead atoms. The van der Waals surface area contributed by atoms with Crippen molar-refractivity contribution in [2.45, 2.75) is 26.7 Å². The third-order valence-corrected chi connectivity index (χ3v) is 2.67. The molecular formula is C16H26O8. The van der Waals surface area contributed by atoms with E-state index < -0.39 is 23.5 Å². The molecule has 0 aliphatic heterocycles. The minimum absolute atomic E-state index is 0.169. The van der Waals surface area contributed by atoms with Crippen LogP contribution in [0.3, 0.4) is 0 Å². The number of esters is 2. The largest absolute Gasteiger partial charge is 0.502 e. The van der Waals surface area contributed by atoms with Gasteiger partial charge in [-0.15, -0.1) is 0 Å². The van der Waals surface area contributed by atoms with E-state index in [-0.39, 0.29) is 13.2 Å². The molecule has 0 aliphatic carbocycles. The van der Waals surface area contributed by atoms with Crippen LogP contribution in [0.4, 0.5) is 0 Å². The van der Waals surface area contributed by atoms with Crippen LogP contribution in [-0.4, -0.2) is 61.8 Å². The van der Waals surface area contributed by atoms with E-state index in [0.717, 1.165) is 0 Å². The fourth-order valence-electron chi connectivity index (χ4n) is 1.36. The van der Waals surface area contributed by atoms with Gasteiger partial charge in [0.2, 0.25) is 0 Å². The standard InChI is InChI=1S/C16H26O8/c1-3-13(17)15(19)23-9-5-7-21-11-12-22-8-6-10-24-16(20)14(18)4-2/h3-4,17-18H,5-12H2,1-2H3. The second kappa shape index (κ2) is 14.5. The summed E-state index contributed by atoms with van der Waals surface area (Å²) < 4.78 is 20.1. The number of carbonyl (C=O) groups excluding carboxylic acids is 2. The minimum atomic E-state index is -0.746. The SMILES string of the molecule is CC=C(O)C(=O)OCCCOCCOCCCOC(=O)C(O)=CC. The van der Waals surface area contributed by atoms with E-state index in [2.05, 4.69) is 0 Å². The van der Waals surface area contributed by atoms with Crippen molar-refractivity contribution in [2.75, 3.05) is 39.6 Å². The van der Waals surface area contributed by atoms with Crippen LogP contribution < -0.4 is 0 Å². The summed E-state index contributed by atoms with van der Waals surface area (Å²) in [6.07, 6.45) is 3.57. The lowest BCUT2D eigenvalue weighted by molar-refractivity contribution is -0.143. The zero-order valence-corrected chi connectivity index (χ0v) is 14.2. The van der Waals surface area contributed by atoms with Gasteiger partial charge in [0, 0.05) is 26.1 Å². The van der Waals surface area contributed by atoms with Gasteiger partial charge in [0.05, 0.1) is 26.4 Å². The van der Waals surface area contributed by atoms with Crippen LogP contribution in [0, 0.1) is 0 Å². The Labute approximate surface area is 141 Å². The summed E-state index contributed by atoms with van der Waals surface area (Å²) in [4.78, 5) is 22.2. The Morgan fingerprint density at radius 1 is 0.708 bits per heavy atom. The highest BCUT2D eigenvalue weighted by atomic mass is 16.6. The van der Waals surface area contributed by atoms with Crippen LogP contribution in [0.5, 0.6) is 0 Å². The first-order valence-electron chi connectivity index (χ1n) is 7.73. The number of carbonyl (C=O) groups is 2. The van der Waals surface area contributed by atoms with Crippen molar-refractivity contribution in [3.8, 4) is 0 Å². The monoisotopic (exact) mass is 346 g/mol. The Morgan fingerprint density at radius 3 is 1.42 bits per heavy atom. The third-order valence-electron chi connectivity index (χ3n) is 2.67. The summed E-state index contributed by atoms with van der Waals surface area (Å²) in [5.41, 5.74) is 0. The average Bonchev–Trinajstić information content (AvgIpc) is 2.60. The summed E-state index contributed by atoms with van der Waals surface area (Å²) in [6, 6.07) is 0. The Kier molecular flexibility index (Phi) is 13.3. The number of hydrogen-bond acceptors (Lipinski definition) is 8. The lowest BCUT2D eigenvalue weighted by Gasteiger charge is -2.07. The molecule has 0 aromatic carbocycles. The van der Waals surface area contributed by atoms with Crippen LogP contribution in [0.2, 0.25) is 0 Å². The van der Waals surface area contributed by atoms with E-state index in [0.29, 0.717) is 39.3 Å². The number of ether oxygens (including phenoxy) is 4. The fraction of sp³-hybridized carbons (Fsp3) is 0.625. The van der Waals surface area contributed by atoms with Crippen molar-refractivity contribution < 1.29 is 38.7 Å². The summed E-state index contributed by atoms with van der Waals surface area (Å²) in [6.45, 7) is 5.02. The van der Waals surface area contributed by atoms with Gasteiger partial charge in [-0.05, 0) is 26.0 Å². The number of rotatable bonds is 13. The van der Waals surface area contributed by atoms with Crippen molar-refractivity contribution in [3.05, 3.63) is 23.7 Å². The van der Waals surface area contributed by atoms with Crippen LogP contribution in [0.1, 0.15) is 26.7 Å². The molecule has 0 fully saturated rings. The van der Waals surface area contributed by atoms with E-state index in [1.807, 2.05) is 0 Å². The van der Waals surface area contributed by atoms with Gasteiger partial charge >= 0.3 is 11.9 Å². The Balaban J connectivity index is 3.32. The van der Waals surface area contributed by atoms with Gasteiger partial charge in [0.1, 0.15) is 0 Å². The van der Waals surface area contributed by atoms with Gasteiger partial charge in [0.15, 0.2) is 11.5 Å². The lowest BCUT2D eigenvalue weighted by atomic mass is 10.4. The topological polar surface area (TPSA) is 112 Å². The summed E-state index contributed by atoms with van der Waals surface area (Å²) >= 11 is 0. The number of aliphatic hydroxyl groups is 2. The molecule has 0 rings (SSSR count). The zero-order valence-electron chi connectivity index (χ0n) is 14.2. The van der Waals surface area contributed by atoms with E-state index >= 15 is 0 Å². The predicted octanol–water partition coefficient (Wildman–Crippen LogP) is 1.81. The molecule has 0 amide bonds. The van der Waals surface area contributed by atoms with Crippen LogP contribution >= 0.6 is 0 Å². The van der Waals surface area contributed by atoms with Crippen molar-refractivity contribution in [1.82, 2.24) is 0 Å². The maximum Gasteiger partial charge on any atom is 0.373 e. The van der Waals surface area contributed by atoms with Gasteiger partial charge in [-0.1, -0.05) is 0 Å². The summed E-state index contributed by atoms with van der Waals surface area (Å²) in [5.74, 6) is -2.31. The van der Waals surface area contributed by atoms with Crippen molar-refractivity contribution >= 4 is 11.9 Å². The molecule has 0 aromatic heterocycles. The highest BCUT2D eigenvalue weighted by molar-refractivity contribution is 5.85. The normalized spacial score (nSPS) is 12.1. The molecule has 0 atom stereocenters. The van der Waals surface area contributed by atoms with E-state index in [1.165, 1.54) is 26.0 Å². The molecule has 0 heterocycles. The molecule has 24 heavy (non-hydrogen) atoms. The van der Waals surface area contributed by atoms with Gasteiger partial charge in [-0.25, -0.2) is 9.59 Å². The minimum Gasteiger partial charge on any atom is -0.502 e. The Hall–Kier alpha value is -2.06. The van der Waals surface area contributed by atoms with Crippen LogP contribution in [-0.2, 0) is 28.5 Å². The third kappa shape index (κ3) is 11.5. The first-order chi connectivity index (χ1) is 11.5. The number of allylic oxidation sites excluding steroid dienone is 2. The van der Waals surface area contributed by atoms with Gasteiger partial charge in [-0.3, -0.25) is 0 Å². The van der Waals surface area contributed by atoms with Crippen molar-refractivity contribution in [2.24, 2.45) is 0 Å². The molecule has 8 nitrogen and oxygen atoms in total. The average molecular weight is 346 g/mol. The van der Waals surface area contributed by atoms with Crippen molar-refractivity contribution in [3.63, 3.8) is 0 Å². The molecule has 0 saturated heterocycles. The van der Waals surface area contributed by atoms with E-state index in [1.54, 1.807) is 0 Å². The van der Waals surface area contributed by atoms with E-state index in [9.17, 15) is 9.59 Å². The fourth-order valence-corrected chi connectivity index (χ4v) is 1.36. The van der Waals surface area contributed by atoms with E-state index in [4.69, 9.17) is 29.2 Å². The Morgan fingerprint density at radius 2 is 1.08 bits per heavy atom. The lowest BCUT2D eigenvalue weighted by Crippen LogP contribution is -2.12. The molecular weight excluding hydrogens is 320 g/mol. The predicted molar refractivity (Wildman–Crippen MR) is 85.6 cm³/mol. The van der Waals surface area contributed by atoms with Gasteiger partial charge in [0.25, 0.3) is 0 Å². The number of hydrogen-bond donors (Lipinski definition) is 2. The Bertz CT molecular complexity index is 388. The molecule has 0 saturated carbocycles. The molecule has 0 aliphatic rings. The molecule has 0 radical (unpaired) electrons. The molecule has 0 unspecified atom stereocenters. The van der Waals surface area contributed by atoms with Gasteiger partial charge < -0.3 is 29.2 Å². The van der Waals surface area contributed by atoms with Gasteiger partial charge in [-0.2, -0.15) is 0 Å². The number of aliphatic hydroxyl groups excluding tert-OH is 2. The molecule has 0 spiro atoms. The highest BCUT2D eigenvalue weighted by Crippen LogP contribution is 1.95. The quantitative estimate of drug-likeness (QED) is 0.225. The van der Waals surface area contributed by atoms with Crippen LogP contribution in [0.15, 0.2) is 23.7 Å². The second-order valence-electron chi connectivity index (χ2n) is 4.55. The second-order valence-corrected chi connectivity index (χ2v) is 4.55. The highest BCUT2D eigenvalue weighted by Gasteiger charge is 2.07. The molecule has 138 valence electrons. The first-order valence-corrected chi connectivity index (χ1v) is 7.73. The molecule has 0 aromatic rings. The first kappa shape index (κ1) is 21.9. The molecule has 2 N–H and O–H groups in total. The zero-order chi connectivity index (χ0) is 18.2. The molecule has 8 heteroatoms.